The first kappa shape index (κ1) is 13.6. The summed E-state index contributed by atoms with van der Waals surface area (Å²) in [6, 6.07) is 11.0. The third-order valence-electron chi connectivity index (χ3n) is 3.37. The van der Waals surface area contributed by atoms with Crippen molar-refractivity contribution in [1.29, 1.82) is 0 Å². The Kier molecular flexibility index (Phi) is 3.83. The van der Waals surface area contributed by atoms with Crippen LogP contribution in [0.1, 0.15) is 11.1 Å². The molecule has 21 heavy (non-hydrogen) atoms. The zero-order valence-electron chi connectivity index (χ0n) is 11.8. The number of phenols is 1. The summed E-state index contributed by atoms with van der Waals surface area (Å²) in [7, 11) is 1.61. The highest BCUT2D eigenvalue weighted by Gasteiger charge is 2.13. The van der Waals surface area contributed by atoms with Crippen LogP contribution < -0.4 is 19.5 Å². The van der Waals surface area contributed by atoms with E-state index in [1.807, 2.05) is 24.3 Å². The number of benzene rings is 2. The van der Waals surface area contributed by atoms with Gasteiger partial charge in [-0.25, -0.2) is 0 Å². The van der Waals surface area contributed by atoms with E-state index < -0.39 is 0 Å². The second-order valence-electron chi connectivity index (χ2n) is 4.79. The van der Waals surface area contributed by atoms with E-state index in [1.165, 1.54) is 0 Å². The summed E-state index contributed by atoms with van der Waals surface area (Å²) < 4.78 is 15.8. The van der Waals surface area contributed by atoms with Crippen LogP contribution in [-0.4, -0.2) is 19.0 Å². The number of hydrogen-bond donors (Lipinski definition) is 2. The monoisotopic (exact) mass is 287 g/mol. The van der Waals surface area contributed by atoms with Crippen LogP contribution in [-0.2, 0) is 13.1 Å². The molecule has 0 spiro atoms. The Morgan fingerprint density at radius 1 is 1.10 bits per heavy atom. The smallest absolute Gasteiger partial charge is 0.231 e. The third-order valence-corrected chi connectivity index (χ3v) is 3.37. The molecule has 1 heterocycles. The first-order valence-corrected chi connectivity index (χ1v) is 6.71. The summed E-state index contributed by atoms with van der Waals surface area (Å²) in [6.07, 6.45) is 0. The van der Waals surface area contributed by atoms with Crippen molar-refractivity contribution >= 4 is 0 Å². The molecule has 5 heteroatoms. The average molecular weight is 287 g/mol. The maximum Gasteiger partial charge on any atom is 0.231 e. The topological polar surface area (TPSA) is 60.0 Å². The molecule has 0 unspecified atom stereocenters. The molecule has 0 bridgehead atoms. The van der Waals surface area contributed by atoms with Crippen LogP contribution in [0.3, 0.4) is 0 Å². The van der Waals surface area contributed by atoms with Crippen LogP contribution in [0, 0.1) is 0 Å². The lowest BCUT2D eigenvalue weighted by molar-refractivity contribution is 0.174. The third kappa shape index (κ3) is 3.03. The molecule has 1 aliphatic rings. The molecule has 0 aromatic heterocycles. The lowest BCUT2D eigenvalue weighted by Crippen LogP contribution is -2.12. The van der Waals surface area contributed by atoms with Gasteiger partial charge in [-0.15, -0.1) is 0 Å². The summed E-state index contributed by atoms with van der Waals surface area (Å²) in [4.78, 5) is 0. The predicted octanol–water partition coefficient (Wildman–Crippen LogP) is 2.42. The van der Waals surface area contributed by atoms with Crippen molar-refractivity contribution in [3.8, 4) is 23.0 Å². The quantitative estimate of drug-likeness (QED) is 0.884. The van der Waals surface area contributed by atoms with Gasteiger partial charge in [0.1, 0.15) is 11.5 Å². The number of rotatable bonds is 5. The minimum absolute atomic E-state index is 0.258. The first-order chi connectivity index (χ1) is 10.3. The van der Waals surface area contributed by atoms with Crippen molar-refractivity contribution in [3.63, 3.8) is 0 Å². The fourth-order valence-electron chi connectivity index (χ4n) is 2.22. The van der Waals surface area contributed by atoms with E-state index in [2.05, 4.69) is 5.32 Å². The summed E-state index contributed by atoms with van der Waals surface area (Å²) in [5.74, 6) is 2.55. The van der Waals surface area contributed by atoms with Gasteiger partial charge < -0.3 is 24.6 Å². The zero-order chi connectivity index (χ0) is 14.7. The SMILES string of the molecule is COc1ccc(O)c(CNCc2ccc3c(c2)OCO3)c1. The molecule has 2 aromatic rings. The van der Waals surface area contributed by atoms with Crippen molar-refractivity contribution in [2.24, 2.45) is 0 Å². The molecule has 2 aromatic carbocycles. The number of methoxy groups -OCH3 is 1. The van der Waals surface area contributed by atoms with Crippen molar-refractivity contribution < 1.29 is 19.3 Å². The number of nitrogens with one attached hydrogen (secondary N) is 1. The van der Waals surface area contributed by atoms with Crippen LogP contribution in [0.25, 0.3) is 0 Å². The van der Waals surface area contributed by atoms with E-state index in [0.29, 0.717) is 13.1 Å². The van der Waals surface area contributed by atoms with Gasteiger partial charge in [-0.1, -0.05) is 6.07 Å². The maximum absolute atomic E-state index is 9.82. The fourth-order valence-corrected chi connectivity index (χ4v) is 2.22. The minimum atomic E-state index is 0.258. The van der Waals surface area contributed by atoms with Gasteiger partial charge in [0.05, 0.1) is 7.11 Å². The van der Waals surface area contributed by atoms with Crippen molar-refractivity contribution in [1.82, 2.24) is 5.32 Å². The van der Waals surface area contributed by atoms with E-state index in [0.717, 1.165) is 28.4 Å². The normalized spacial score (nSPS) is 12.4. The first-order valence-electron chi connectivity index (χ1n) is 6.71. The van der Waals surface area contributed by atoms with Crippen LogP contribution in [0.15, 0.2) is 36.4 Å². The second-order valence-corrected chi connectivity index (χ2v) is 4.79. The second kappa shape index (κ2) is 5.93. The van der Waals surface area contributed by atoms with E-state index in [1.54, 1.807) is 19.2 Å². The van der Waals surface area contributed by atoms with Crippen molar-refractivity contribution in [2.75, 3.05) is 13.9 Å². The molecule has 5 nitrogen and oxygen atoms in total. The Balaban J connectivity index is 1.61. The maximum atomic E-state index is 9.82. The van der Waals surface area contributed by atoms with Crippen LogP contribution in [0.2, 0.25) is 0 Å². The molecule has 0 fully saturated rings. The molecular formula is C16H17NO4. The van der Waals surface area contributed by atoms with Gasteiger partial charge in [0.15, 0.2) is 11.5 Å². The van der Waals surface area contributed by atoms with Crippen molar-refractivity contribution in [3.05, 3.63) is 47.5 Å². The van der Waals surface area contributed by atoms with Gasteiger partial charge in [-0.2, -0.15) is 0 Å². The Morgan fingerprint density at radius 2 is 1.95 bits per heavy atom. The Bertz CT molecular complexity index is 642. The molecule has 1 aliphatic heterocycles. The molecule has 0 atom stereocenters. The molecule has 0 saturated heterocycles. The molecule has 3 rings (SSSR count). The van der Waals surface area contributed by atoms with Crippen LogP contribution in [0.4, 0.5) is 0 Å². The van der Waals surface area contributed by atoms with Gasteiger partial charge >= 0.3 is 0 Å². The van der Waals surface area contributed by atoms with Gasteiger partial charge in [0, 0.05) is 18.7 Å². The minimum Gasteiger partial charge on any atom is -0.508 e. The highest BCUT2D eigenvalue weighted by atomic mass is 16.7. The van der Waals surface area contributed by atoms with E-state index in [9.17, 15) is 5.11 Å². The molecular weight excluding hydrogens is 270 g/mol. The summed E-state index contributed by atoms with van der Waals surface area (Å²) >= 11 is 0. The molecule has 2 N–H and O–H groups in total. The Morgan fingerprint density at radius 3 is 2.81 bits per heavy atom. The summed E-state index contributed by atoms with van der Waals surface area (Å²) in [6.45, 7) is 1.51. The van der Waals surface area contributed by atoms with Crippen LogP contribution in [0.5, 0.6) is 23.0 Å². The predicted molar refractivity (Wildman–Crippen MR) is 77.8 cm³/mol. The van der Waals surface area contributed by atoms with E-state index >= 15 is 0 Å². The lowest BCUT2D eigenvalue weighted by Gasteiger charge is -2.09. The number of hydrogen-bond acceptors (Lipinski definition) is 5. The van der Waals surface area contributed by atoms with Gasteiger partial charge in [0.25, 0.3) is 0 Å². The number of ether oxygens (including phenoxy) is 3. The summed E-state index contributed by atoms with van der Waals surface area (Å²) in [5.41, 5.74) is 1.90. The summed E-state index contributed by atoms with van der Waals surface area (Å²) in [5, 5.41) is 13.1. The number of phenolic OH excluding ortho intramolecular Hbond substituents is 1. The Hall–Kier alpha value is -2.40. The van der Waals surface area contributed by atoms with Crippen LogP contribution >= 0.6 is 0 Å². The standard InChI is InChI=1S/C16H17NO4/c1-19-13-3-4-14(18)12(7-13)9-17-8-11-2-5-15-16(6-11)21-10-20-15/h2-7,17-18H,8-10H2,1H3. The van der Waals surface area contributed by atoms with E-state index in [4.69, 9.17) is 14.2 Å². The Labute approximate surface area is 123 Å². The highest BCUT2D eigenvalue weighted by molar-refractivity contribution is 5.44. The highest BCUT2D eigenvalue weighted by Crippen LogP contribution is 2.32. The molecule has 0 saturated carbocycles. The average Bonchev–Trinajstić information content (AvgIpc) is 2.97. The largest absolute Gasteiger partial charge is 0.508 e. The fraction of sp³-hybridized carbons (Fsp3) is 0.250. The lowest BCUT2D eigenvalue weighted by atomic mass is 10.1. The van der Waals surface area contributed by atoms with E-state index in [-0.39, 0.29) is 12.5 Å². The molecule has 0 aliphatic carbocycles. The van der Waals surface area contributed by atoms with Gasteiger partial charge in [-0.3, -0.25) is 0 Å². The zero-order valence-corrected chi connectivity index (χ0v) is 11.8. The van der Waals surface area contributed by atoms with Gasteiger partial charge in [0.2, 0.25) is 6.79 Å². The number of fused-ring (bicyclic) bond motifs is 1. The molecule has 0 amide bonds. The van der Waals surface area contributed by atoms with Gasteiger partial charge in [-0.05, 0) is 35.9 Å². The number of aromatic hydroxyl groups is 1. The molecule has 110 valence electrons. The van der Waals surface area contributed by atoms with Crippen molar-refractivity contribution in [2.45, 2.75) is 13.1 Å². The molecule has 0 radical (unpaired) electrons.